The molecule has 1 fully saturated rings. The third-order valence-electron chi connectivity index (χ3n) is 5.42. The summed E-state index contributed by atoms with van der Waals surface area (Å²) in [6.07, 6.45) is 0.652. The van der Waals surface area contributed by atoms with Gasteiger partial charge in [0.05, 0.1) is 18.7 Å². The average molecular weight is 426 g/mol. The van der Waals surface area contributed by atoms with Gasteiger partial charge in [-0.1, -0.05) is 12.1 Å². The van der Waals surface area contributed by atoms with Crippen LogP contribution in [0.1, 0.15) is 29.2 Å². The van der Waals surface area contributed by atoms with Gasteiger partial charge in [0, 0.05) is 12.1 Å². The van der Waals surface area contributed by atoms with Crippen LogP contribution in [0, 0.1) is 12.7 Å². The minimum atomic E-state index is -0.788. The lowest BCUT2D eigenvalue weighted by atomic mass is 9.94. The molecule has 1 unspecified atom stereocenters. The third kappa shape index (κ3) is 4.61. The maximum absolute atomic E-state index is 13.5. The number of ketones is 1. The van der Waals surface area contributed by atoms with Crippen LogP contribution in [-0.4, -0.2) is 60.9 Å². The summed E-state index contributed by atoms with van der Waals surface area (Å²) >= 11 is 0. The molecule has 1 heterocycles. The van der Waals surface area contributed by atoms with Crippen LogP contribution in [0.5, 0.6) is 5.75 Å². The highest BCUT2D eigenvalue weighted by atomic mass is 19.1. The number of aryl methyl sites for hydroxylation is 1. The number of carbonyl (C=O) groups is 2. The lowest BCUT2D eigenvalue weighted by Gasteiger charge is -2.26. The Bertz CT molecular complexity index is 1010. The number of carbonyl (C=O) groups excluding carboxylic acids is 2. The van der Waals surface area contributed by atoms with E-state index in [1.165, 1.54) is 17.0 Å². The van der Waals surface area contributed by atoms with Crippen molar-refractivity contribution in [2.45, 2.75) is 19.4 Å². The van der Waals surface area contributed by atoms with Crippen molar-refractivity contribution < 1.29 is 23.8 Å². The van der Waals surface area contributed by atoms with Crippen LogP contribution in [0.4, 0.5) is 4.39 Å². The molecule has 164 valence electrons. The first-order chi connectivity index (χ1) is 14.7. The summed E-state index contributed by atoms with van der Waals surface area (Å²) in [5, 5.41) is 11.1. The van der Waals surface area contributed by atoms with Crippen LogP contribution in [0.3, 0.4) is 0 Å². The van der Waals surface area contributed by atoms with E-state index in [1.807, 2.05) is 19.0 Å². The van der Waals surface area contributed by atoms with Crippen molar-refractivity contribution >= 4 is 17.4 Å². The molecule has 1 aliphatic rings. The Kier molecular flexibility index (Phi) is 6.75. The van der Waals surface area contributed by atoms with Crippen LogP contribution >= 0.6 is 0 Å². The highest BCUT2D eigenvalue weighted by Gasteiger charge is 2.45. The Morgan fingerprint density at radius 1 is 1.16 bits per heavy atom. The summed E-state index contributed by atoms with van der Waals surface area (Å²) in [6, 6.07) is 9.95. The fourth-order valence-corrected chi connectivity index (χ4v) is 3.83. The topological polar surface area (TPSA) is 70.1 Å². The summed E-state index contributed by atoms with van der Waals surface area (Å²) in [5.41, 5.74) is 1.72. The summed E-state index contributed by atoms with van der Waals surface area (Å²) < 4.78 is 18.7. The zero-order chi connectivity index (χ0) is 22.7. The van der Waals surface area contributed by atoms with Crippen molar-refractivity contribution in [3.8, 4) is 5.75 Å². The smallest absolute Gasteiger partial charge is 0.295 e. The summed E-state index contributed by atoms with van der Waals surface area (Å²) in [7, 11) is 5.40. The van der Waals surface area contributed by atoms with E-state index in [4.69, 9.17) is 4.74 Å². The van der Waals surface area contributed by atoms with Crippen molar-refractivity contribution in [3.05, 3.63) is 70.5 Å². The van der Waals surface area contributed by atoms with Gasteiger partial charge >= 0.3 is 0 Å². The molecule has 0 saturated carbocycles. The molecular weight excluding hydrogens is 399 g/mol. The second kappa shape index (κ2) is 9.31. The van der Waals surface area contributed by atoms with Gasteiger partial charge in [-0.15, -0.1) is 0 Å². The van der Waals surface area contributed by atoms with Gasteiger partial charge in [0.25, 0.3) is 11.7 Å². The lowest BCUT2D eigenvalue weighted by Crippen LogP contribution is -2.32. The molecule has 6 nitrogen and oxygen atoms in total. The molecule has 7 heteroatoms. The predicted molar refractivity (Wildman–Crippen MR) is 116 cm³/mol. The van der Waals surface area contributed by atoms with Crippen molar-refractivity contribution in [2.24, 2.45) is 0 Å². The van der Waals surface area contributed by atoms with Crippen LogP contribution in [0.25, 0.3) is 5.76 Å². The molecule has 2 aromatic carbocycles. The molecule has 0 aliphatic carbocycles. The lowest BCUT2D eigenvalue weighted by molar-refractivity contribution is -0.139. The maximum Gasteiger partial charge on any atom is 0.295 e. The zero-order valence-electron chi connectivity index (χ0n) is 18.2. The van der Waals surface area contributed by atoms with Crippen LogP contribution < -0.4 is 4.74 Å². The van der Waals surface area contributed by atoms with Crippen LogP contribution in [-0.2, 0) is 9.59 Å². The van der Waals surface area contributed by atoms with Crippen molar-refractivity contribution in [1.29, 1.82) is 0 Å². The van der Waals surface area contributed by atoms with Gasteiger partial charge in [0.1, 0.15) is 17.3 Å². The van der Waals surface area contributed by atoms with Crippen molar-refractivity contribution in [3.63, 3.8) is 0 Å². The number of ether oxygens (including phenoxy) is 1. The second-order valence-corrected chi connectivity index (χ2v) is 7.88. The number of nitrogens with zero attached hydrogens (tertiary/aromatic N) is 2. The summed E-state index contributed by atoms with van der Waals surface area (Å²) in [6.45, 7) is 2.86. The molecule has 0 radical (unpaired) electrons. The summed E-state index contributed by atoms with van der Waals surface area (Å²) in [5.74, 6) is -1.46. The highest BCUT2D eigenvalue weighted by molar-refractivity contribution is 6.46. The van der Waals surface area contributed by atoms with E-state index in [-0.39, 0.29) is 11.3 Å². The second-order valence-electron chi connectivity index (χ2n) is 7.88. The van der Waals surface area contributed by atoms with E-state index >= 15 is 0 Å². The molecule has 1 aliphatic heterocycles. The van der Waals surface area contributed by atoms with E-state index < -0.39 is 23.5 Å². The van der Waals surface area contributed by atoms with Gasteiger partial charge in [-0.05, 0) is 75.4 Å². The molecule has 3 rings (SSSR count). The van der Waals surface area contributed by atoms with Crippen molar-refractivity contribution in [1.82, 2.24) is 9.80 Å². The molecule has 2 aromatic rings. The van der Waals surface area contributed by atoms with Gasteiger partial charge in [0.2, 0.25) is 0 Å². The fourth-order valence-electron chi connectivity index (χ4n) is 3.83. The number of aliphatic hydroxyl groups is 1. The SMILES string of the molecule is COc1ccc(C(O)=C2C(=O)C(=O)N(CCCN(C)C)C2c2ccc(F)cc2)c(C)c1. The number of halogens is 1. The van der Waals surface area contributed by atoms with Crippen LogP contribution in [0.2, 0.25) is 0 Å². The van der Waals surface area contributed by atoms with E-state index in [2.05, 4.69) is 0 Å². The number of hydrogen-bond acceptors (Lipinski definition) is 5. The third-order valence-corrected chi connectivity index (χ3v) is 5.42. The Labute approximate surface area is 181 Å². The Morgan fingerprint density at radius 3 is 2.42 bits per heavy atom. The first-order valence-corrected chi connectivity index (χ1v) is 10.1. The highest BCUT2D eigenvalue weighted by Crippen LogP contribution is 2.40. The standard InChI is InChI=1S/C24H27FN2O4/c1-15-14-18(31-4)10-11-19(15)22(28)20-21(16-6-8-17(25)9-7-16)27(24(30)23(20)29)13-5-12-26(2)3/h6-11,14,21,28H,5,12-13H2,1-4H3. The van der Waals surface area contributed by atoms with Crippen LogP contribution in [0.15, 0.2) is 48.0 Å². The Balaban J connectivity index is 2.11. The normalized spacial score (nSPS) is 18.1. The minimum Gasteiger partial charge on any atom is -0.507 e. The molecule has 1 amide bonds. The number of methoxy groups -OCH3 is 1. The molecule has 0 aromatic heterocycles. The number of rotatable bonds is 7. The Hall–Kier alpha value is -3.19. The number of hydrogen-bond donors (Lipinski definition) is 1. The van der Waals surface area contributed by atoms with E-state index in [1.54, 1.807) is 44.4 Å². The monoisotopic (exact) mass is 426 g/mol. The fraction of sp³-hybridized carbons (Fsp3) is 0.333. The zero-order valence-corrected chi connectivity index (χ0v) is 18.2. The predicted octanol–water partition coefficient (Wildman–Crippen LogP) is 3.52. The largest absolute Gasteiger partial charge is 0.507 e. The molecule has 0 spiro atoms. The number of likely N-dealkylation sites (tertiary alicyclic amines) is 1. The minimum absolute atomic E-state index is 0.00901. The average Bonchev–Trinajstić information content (AvgIpc) is 2.98. The number of amides is 1. The number of Topliss-reactive ketones (excluding diaryl/α,β-unsaturated/α-hetero) is 1. The molecule has 1 saturated heterocycles. The molecule has 1 N–H and O–H groups in total. The summed E-state index contributed by atoms with van der Waals surface area (Å²) in [4.78, 5) is 29.3. The van der Waals surface area contributed by atoms with E-state index in [9.17, 15) is 19.1 Å². The van der Waals surface area contributed by atoms with Gasteiger partial charge in [-0.2, -0.15) is 0 Å². The molecule has 31 heavy (non-hydrogen) atoms. The first kappa shape index (κ1) is 22.5. The van der Waals surface area contributed by atoms with Gasteiger partial charge in [-0.25, -0.2) is 4.39 Å². The Morgan fingerprint density at radius 2 is 1.84 bits per heavy atom. The number of aliphatic hydroxyl groups excluding tert-OH is 1. The number of benzene rings is 2. The van der Waals surface area contributed by atoms with E-state index in [0.29, 0.717) is 35.4 Å². The molecule has 0 bridgehead atoms. The molecule has 1 atom stereocenters. The molecular formula is C24H27FN2O4. The van der Waals surface area contributed by atoms with Crippen molar-refractivity contribution in [2.75, 3.05) is 34.3 Å². The van der Waals surface area contributed by atoms with Gasteiger partial charge in [-0.3, -0.25) is 9.59 Å². The van der Waals surface area contributed by atoms with Gasteiger partial charge in [0.15, 0.2) is 0 Å². The first-order valence-electron chi connectivity index (χ1n) is 10.1. The quantitative estimate of drug-likeness (QED) is 0.417. The maximum atomic E-state index is 13.5. The van der Waals surface area contributed by atoms with E-state index in [0.717, 1.165) is 6.54 Å². The van der Waals surface area contributed by atoms with Gasteiger partial charge < -0.3 is 19.6 Å².